The fraction of sp³-hybridized carbons (Fsp3) is 0.316. The highest BCUT2D eigenvalue weighted by atomic mass is 16.5. The van der Waals surface area contributed by atoms with Gasteiger partial charge in [0, 0.05) is 12.5 Å². The Morgan fingerprint density at radius 1 is 1.09 bits per heavy atom. The highest BCUT2D eigenvalue weighted by Crippen LogP contribution is 2.26. The van der Waals surface area contributed by atoms with Crippen molar-refractivity contribution < 1.29 is 14.6 Å². The molecule has 0 atom stereocenters. The molecule has 0 aliphatic heterocycles. The van der Waals surface area contributed by atoms with E-state index in [0.29, 0.717) is 24.3 Å². The summed E-state index contributed by atoms with van der Waals surface area (Å²) >= 11 is 0. The second-order valence-corrected chi connectivity index (χ2v) is 5.33. The average molecular weight is 298 g/mol. The van der Waals surface area contributed by atoms with Gasteiger partial charge in [0.15, 0.2) is 5.78 Å². The predicted octanol–water partition coefficient (Wildman–Crippen LogP) is 4.73. The van der Waals surface area contributed by atoms with Crippen LogP contribution in [0.5, 0.6) is 11.5 Å². The van der Waals surface area contributed by atoms with E-state index in [1.54, 1.807) is 12.1 Å². The number of aromatic hydroxyl groups is 1. The van der Waals surface area contributed by atoms with Crippen LogP contribution in [0, 0.1) is 0 Å². The van der Waals surface area contributed by atoms with Crippen molar-refractivity contribution in [3.63, 3.8) is 0 Å². The van der Waals surface area contributed by atoms with E-state index < -0.39 is 0 Å². The summed E-state index contributed by atoms with van der Waals surface area (Å²) in [7, 11) is 0. The van der Waals surface area contributed by atoms with Crippen LogP contribution in [0.1, 0.15) is 48.5 Å². The molecule has 0 aliphatic rings. The first-order chi connectivity index (χ1) is 10.7. The Morgan fingerprint density at radius 3 is 2.55 bits per heavy atom. The van der Waals surface area contributed by atoms with Crippen molar-refractivity contribution in [2.75, 3.05) is 0 Å². The number of ether oxygens (including phenoxy) is 1. The summed E-state index contributed by atoms with van der Waals surface area (Å²) in [6, 6.07) is 14.7. The van der Waals surface area contributed by atoms with Crippen LogP contribution in [0.3, 0.4) is 0 Å². The third-order valence-corrected chi connectivity index (χ3v) is 3.53. The van der Waals surface area contributed by atoms with E-state index in [0.717, 1.165) is 24.8 Å². The van der Waals surface area contributed by atoms with Gasteiger partial charge in [-0.25, -0.2) is 0 Å². The maximum Gasteiger partial charge on any atom is 0.166 e. The lowest BCUT2D eigenvalue weighted by molar-refractivity contribution is 0.0976. The molecule has 2 aromatic carbocycles. The summed E-state index contributed by atoms with van der Waals surface area (Å²) in [6.07, 6.45) is 3.45. The number of phenolic OH excluding ortho intramolecular Hbond substituents is 1. The first-order valence-corrected chi connectivity index (χ1v) is 7.73. The SMILES string of the molecule is CCCCCC(=O)c1ccc(OCc2ccccc2)cc1O. The number of carbonyl (C=O) groups is 1. The van der Waals surface area contributed by atoms with E-state index >= 15 is 0 Å². The second kappa shape index (κ2) is 8.23. The smallest absolute Gasteiger partial charge is 0.166 e. The molecule has 0 unspecified atom stereocenters. The molecule has 0 aliphatic carbocycles. The highest BCUT2D eigenvalue weighted by Gasteiger charge is 2.11. The fourth-order valence-corrected chi connectivity index (χ4v) is 2.25. The number of ketones is 1. The summed E-state index contributed by atoms with van der Waals surface area (Å²) in [4.78, 5) is 12.0. The Hall–Kier alpha value is -2.29. The monoisotopic (exact) mass is 298 g/mol. The molecule has 3 nitrogen and oxygen atoms in total. The number of Topliss-reactive ketones (excluding diaryl/α,β-unsaturated/α-hetero) is 1. The minimum absolute atomic E-state index is 0.00735. The van der Waals surface area contributed by atoms with Gasteiger partial charge in [-0.05, 0) is 24.1 Å². The third kappa shape index (κ3) is 4.62. The Kier molecular flexibility index (Phi) is 6.01. The van der Waals surface area contributed by atoms with Crippen molar-refractivity contribution >= 4 is 5.78 Å². The lowest BCUT2D eigenvalue weighted by Crippen LogP contribution is -2.00. The van der Waals surface area contributed by atoms with Gasteiger partial charge in [0.1, 0.15) is 18.1 Å². The van der Waals surface area contributed by atoms with E-state index in [9.17, 15) is 9.90 Å². The minimum Gasteiger partial charge on any atom is -0.507 e. The minimum atomic E-state index is -0.0134. The van der Waals surface area contributed by atoms with Gasteiger partial charge < -0.3 is 9.84 Å². The zero-order valence-corrected chi connectivity index (χ0v) is 12.9. The Labute approximate surface area is 131 Å². The molecular weight excluding hydrogens is 276 g/mol. The third-order valence-electron chi connectivity index (χ3n) is 3.53. The number of rotatable bonds is 8. The summed E-state index contributed by atoms with van der Waals surface area (Å²) in [5.41, 5.74) is 1.44. The molecule has 0 saturated heterocycles. The Balaban J connectivity index is 1.95. The quantitative estimate of drug-likeness (QED) is 0.566. The molecule has 0 aromatic heterocycles. The van der Waals surface area contributed by atoms with Gasteiger partial charge in [-0.3, -0.25) is 4.79 Å². The lowest BCUT2D eigenvalue weighted by Gasteiger charge is -2.09. The molecule has 3 heteroatoms. The number of carbonyl (C=O) groups excluding carboxylic acids is 1. The van der Waals surface area contributed by atoms with Crippen molar-refractivity contribution in [3.05, 3.63) is 59.7 Å². The molecule has 0 fully saturated rings. The van der Waals surface area contributed by atoms with E-state index in [-0.39, 0.29) is 11.5 Å². The van der Waals surface area contributed by atoms with Crippen molar-refractivity contribution in [1.82, 2.24) is 0 Å². The molecule has 0 radical (unpaired) electrons. The van der Waals surface area contributed by atoms with Crippen LogP contribution in [-0.2, 0) is 6.61 Å². The molecule has 2 aromatic rings. The molecule has 0 saturated carbocycles. The summed E-state index contributed by atoms with van der Waals surface area (Å²) < 4.78 is 5.63. The molecule has 1 N–H and O–H groups in total. The molecule has 0 amide bonds. The zero-order chi connectivity index (χ0) is 15.8. The van der Waals surface area contributed by atoms with Crippen LogP contribution < -0.4 is 4.74 Å². The number of hydrogen-bond donors (Lipinski definition) is 1. The number of phenols is 1. The Morgan fingerprint density at radius 2 is 1.86 bits per heavy atom. The average Bonchev–Trinajstić information content (AvgIpc) is 2.54. The molecule has 116 valence electrons. The van der Waals surface area contributed by atoms with Gasteiger partial charge in [-0.15, -0.1) is 0 Å². The van der Waals surface area contributed by atoms with Crippen LogP contribution >= 0.6 is 0 Å². The van der Waals surface area contributed by atoms with E-state index in [4.69, 9.17) is 4.74 Å². The predicted molar refractivity (Wildman–Crippen MR) is 87.4 cm³/mol. The molecular formula is C19H22O3. The second-order valence-electron chi connectivity index (χ2n) is 5.33. The van der Waals surface area contributed by atoms with Crippen LogP contribution in [-0.4, -0.2) is 10.9 Å². The fourth-order valence-electron chi connectivity index (χ4n) is 2.25. The summed E-state index contributed by atoms with van der Waals surface area (Å²) in [5, 5.41) is 10.0. The number of unbranched alkanes of at least 4 members (excludes halogenated alkanes) is 2. The van der Waals surface area contributed by atoms with Crippen molar-refractivity contribution in [2.24, 2.45) is 0 Å². The summed E-state index contributed by atoms with van der Waals surface area (Å²) in [5.74, 6) is 0.541. The van der Waals surface area contributed by atoms with Crippen molar-refractivity contribution in [2.45, 2.75) is 39.2 Å². The lowest BCUT2D eigenvalue weighted by atomic mass is 10.0. The van der Waals surface area contributed by atoms with Crippen LogP contribution in [0.15, 0.2) is 48.5 Å². The van der Waals surface area contributed by atoms with Crippen LogP contribution in [0.4, 0.5) is 0 Å². The largest absolute Gasteiger partial charge is 0.507 e. The van der Waals surface area contributed by atoms with Gasteiger partial charge in [0.2, 0.25) is 0 Å². The van der Waals surface area contributed by atoms with E-state index in [2.05, 4.69) is 6.92 Å². The van der Waals surface area contributed by atoms with Crippen LogP contribution in [0.2, 0.25) is 0 Å². The van der Waals surface area contributed by atoms with Crippen LogP contribution in [0.25, 0.3) is 0 Å². The van der Waals surface area contributed by atoms with Gasteiger partial charge in [0.25, 0.3) is 0 Å². The van der Waals surface area contributed by atoms with Crippen molar-refractivity contribution in [3.8, 4) is 11.5 Å². The first kappa shape index (κ1) is 16.1. The molecule has 0 bridgehead atoms. The van der Waals surface area contributed by atoms with E-state index in [1.807, 2.05) is 30.3 Å². The topological polar surface area (TPSA) is 46.5 Å². The maximum atomic E-state index is 12.0. The van der Waals surface area contributed by atoms with Gasteiger partial charge in [-0.1, -0.05) is 50.1 Å². The van der Waals surface area contributed by atoms with Gasteiger partial charge in [-0.2, -0.15) is 0 Å². The zero-order valence-electron chi connectivity index (χ0n) is 12.9. The standard InChI is InChI=1S/C19H22O3/c1-2-3-5-10-18(20)17-12-11-16(13-19(17)21)22-14-15-8-6-4-7-9-15/h4,6-9,11-13,21H,2-3,5,10,14H2,1H3. The number of hydrogen-bond acceptors (Lipinski definition) is 3. The number of benzene rings is 2. The van der Waals surface area contributed by atoms with Gasteiger partial charge >= 0.3 is 0 Å². The summed E-state index contributed by atoms with van der Waals surface area (Å²) in [6.45, 7) is 2.53. The molecule has 0 spiro atoms. The maximum absolute atomic E-state index is 12.0. The molecule has 2 rings (SSSR count). The Bertz CT molecular complexity index is 605. The first-order valence-electron chi connectivity index (χ1n) is 7.73. The normalized spacial score (nSPS) is 10.4. The molecule has 0 heterocycles. The van der Waals surface area contributed by atoms with Gasteiger partial charge in [0.05, 0.1) is 5.56 Å². The molecule has 22 heavy (non-hydrogen) atoms. The highest BCUT2D eigenvalue weighted by molar-refractivity contribution is 5.98. The van der Waals surface area contributed by atoms with E-state index in [1.165, 1.54) is 6.07 Å². The van der Waals surface area contributed by atoms with Crippen molar-refractivity contribution in [1.29, 1.82) is 0 Å².